The van der Waals surface area contributed by atoms with E-state index >= 15 is 0 Å². The van der Waals surface area contributed by atoms with Crippen LogP contribution < -0.4 is 5.32 Å². The summed E-state index contributed by atoms with van der Waals surface area (Å²) < 4.78 is 0.709. The van der Waals surface area contributed by atoms with E-state index in [1.54, 1.807) is 0 Å². The van der Waals surface area contributed by atoms with Crippen LogP contribution in [0, 0.1) is 6.92 Å². The largest absolute Gasteiger partial charge is 0.330 e. The zero-order chi connectivity index (χ0) is 16.2. The van der Waals surface area contributed by atoms with Gasteiger partial charge >= 0.3 is 0 Å². The van der Waals surface area contributed by atoms with Gasteiger partial charge in [0.05, 0.1) is 5.75 Å². The Morgan fingerprint density at radius 2 is 2.22 bits per heavy atom. The standard InChI is InChI=1S/C15H16N4O2S2/c1-10-5-2-3-6-11(10)16-14-17-18-15(23-14)22-9-13(21)19-8-4-7-12(19)20/h2-3,5-6H,4,7-9H2,1H3,(H,16,17). The summed E-state index contributed by atoms with van der Waals surface area (Å²) in [5.74, 6) is -0.0130. The normalized spacial score (nSPS) is 14.3. The van der Waals surface area contributed by atoms with E-state index in [0.29, 0.717) is 22.4 Å². The number of aryl methyl sites for hydroxylation is 1. The SMILES string of the molecule is Cc1ccccc1Nc1nnc(SCC(=O)N2CCCC2=O)s1. The van der Waals surface area contributed by atoms with E-state index in [0.717, 1.165) is 17.7 Å². The first-order valence-corrected chi connectivity index (χ1v) is 9.06. The zero-order valence-corrected chi connectivity index (χ0v) is 14.2. The van der Waals surface area contributed by atoms with Crippen LogP contribution in [-0.4, -0.2) is 39.2 Å². The molecule has 8 heteroatoms. The van der Waals surface area contributed by atoms with E-state index in [-0.39, 0.29) is 17.6 Å². The molecule has 2 amide bonds. The van der Waals surface area contributed by atoms with Crippen LogP contribution in [0.2, 0.25) is 0 Å². The van der Waals surface area contributed by atoms with Crippen LogP contribution >= 0.6 is 23.1 Å². The zero-order valence-electron chi connectivity index (χ0n) is 12.6. The van der Waals surface area contributed by atoms with Crippen LogP contribution in [0.5, 0.6) is 0 Å². The summed E-state index contributed by atoms with van der Waals surface area (Å²) in [7, 11) is 0. The van der Waals surface area contributed by atoms with Gasteiger partial charge in [-0.15, -0.1) is 10.2 Å². The van der Waals surface area contributed by atoms with Crippen molar-refractivity contribution < 1.29 is 9.59 Å². The maximum atomic E-state index is 12.0. The highest BCUT2D eigenvalue weighted by molar-refractivity contribution is 8.01. The maximum absolute atomic E-state index is 12.0. The lowest BCUT2D eigenvalue weighted by Crippen LogP contribution is -2.33. The van der Waals surface area contributed by atoms with Crippen LogP contribution in [0.4, 0.5) is 10.8 Å². The predicted molar refractivity (Wildman–Crippen MR) is 91.0 cm³/mol. The number of carbonyl (C=O) groups excluding carboxylic acids is 2. The summed E-state index contributed by atoms with van der Waals surface area (Å²) in [6, 6.07) is 7.93. The van der Waals surface area contributed by atoms with Gasteiger partial charge in [0.2, 0.25) is 16.9 Å². The van der Waals surface area contributed by atoms with E-state index in [9.17, 15) is 9.59 Å². The van der Waals surface area contributed by atoms with Crippen molar-refractivity contribution in [3.63, 3.8) is 0 Å². The highest BCUT2D eigenvalue weighted by Crippen LogP contribution is 2.29. The van der Waals surface area contributed by atoms with Gasteiger partial charge in [-0.1, -0.05) is 41.3 Å². The molecular weight excluding hydrogens is 332 g/mol. The number of benzene rings is 1. The van der Waals surface area contributed by atoms with Crippen molar-refractivity contribution >= 4 is 45.7 Å². The summed E-state index contributed by atoms with van der Waals surface area (Å²) >= 11 is 2.71. The molecule has 0 bridgehead atoms. The first kappa shape index (κ1) is 15.9. The Morgan fingerprint density at radius 1 is 1.39 bits per heavy atom. The van der Waals surface area contributed by atoms with E-state index in [1.807, 2.05) is 31.2 Å². The van der Waals surface area contributed by atoms with Gasteiger partial charge in [-0.05, 0) is 25.0 Å². The third-order valence-corrected chi connectivity index (χ3v) is 5.44. The molecule has 1 aromatic heterocycles. The van der Waals surface area contributed by atoms with E-state index in [1.165, 1.54) is 28.0 Å². The Labute approximate surface area is 142 Å². The number of hydrogen-bond donors (Lipinski definition) is 1. The van der Waals surface area contributed by atoms with Gasteiger partial charge < -0.3 is 5.32 Å². The molecule has 0 spiro atoms. The second kappa shape index (κ2) is 7.10. The lowest BCUT2D eigenvalue weighted by molar-refractivity contribution is -0.140. The number of rotatable bonds is 5. The van der Waals surface area contributed by atoms with Crippen LogP contribution in [-0.2, 0) is 9.59 Å². The van der Waals surface area contributed by atoms with Gasteiger partial charge in [0.15, 0.2) is 4.34 Å². The Hall–Kier alpha value is -1.93. The topological polar surface area (TPSA) is 75.2 Å². The van der Waals surface area contributed by atoms with Crippen molar-refractivity contribution in [2.24, 2.45) is 0 Å². The number of imide groups is 1. The van der Waals surface area contributed by atoms with Crippen LogP contribution in [0.3, 0.4) is 0 Å². The number of anilines is 2. The van der Waals surface area contributed by atoms with Gasteiger partial charge in [-0.3, -0.25) is 14.5 Å². The number of thioether (sulfide) groups is 1. The van der Waals surface area contributed by atoms with Crippen molar-refractivity contribution in [3.05, 3.63) is 29.8 Å². The Kier molecular flexibility index (Phi) is 4.92. The molecule has 120 valence electrons. The monoisotopic (exact) mass is 348 g/mol. The van der Waals surface area contributed by atoms with Crippen molar-refractivity contribution in [1.82, 2.24) is 15.1 Å². The maximum Gasteiger partial charge on any atom is 0.239 e. The Morgan fingerprint density at radius 3 is 2.96 bits per heavy atom. The summed E-state index contributed by atoms with van der Waals surface area (Å²) in [5, 5.41) is 12.1. The van der Waals surface area contributed by atoms with Gasteiger partial charge in [0, 0.05) is 18.7 Å². The average Bonchev–Trinajstić information content (AvgIpc) is 3.16. The molecule has 1 aliphatic rings. The van der Waals surface area contributed by atoms with Crippen LogP contribution in [0.15, 0.2) is 28.6 Å². The number of nitrogens with zero attached hydrogens (tertiary/aromatic N) is 3. The van der Waals surface area contributed by atoms with Crippen molar-refractivity contribution in [2.75, 3.05) is 17.6 Å². The molecule has 0 atom stereocenters. The number of amides is 2. The first-order chi connectivity index (χ1) is 11.1. The molecule has 3 rings (SSSR count). The molecular formula is C15H16N4O2S2. The van der Waals surface area contributed by atoms with Crippen LogP contribution in [0.1, 0.15) is 18.4 Å². The van der Waals surface area contributed by atoms with Gasteiger partial charge in [-0.25, -0.2) is 0 Å². The lowest BCUT2D eigenvalue weighted by atomic mass is 10.2. The molecule has 6 nitrogen and oxygen atoms in total. The molecule has 2 heterocycles. The van der Waals surface area contributed by atoms with Gasteiger partial charge in [0.1, 0.15) is 0 Å². The smallest absolute Gasteiger partial charge is 0.239 e. The molecule has 0 saturated carbocycles. The van der Waals surface area contributed by atoms with E-state index in [4.69, 9.17) is 0 Å². The molecule has 1 aliphatic heterocycles. The quantitative estimate of drug-likeness (QED) is 0.838. The van der Waals surface area contributed by atoms with Crippen molar-refractivity contribution in [1.29, 1.82) is 0 Å². The lowest BCUT2D eigenvalue weighted by Gasteiger charge is -2.11. The molecule has 2 aromatic rings. The fourth-order valence-corrected chi connectivity index (χ4v) is 3.90. The second-order valence-corrected chi connectivity index (χ2v) is 7.34. The number of likely N-dealkylation sites (tertiary alicyclic amines) is 1. The summed E-state index contributed by atoms with van der Waals surface area (Å²) in [6.07, 6.45) is 1.23. The minimum atomic E-state index is -0.152. The number of hydrogen-bond acceptors (Lipinski definition) is 7. The predicted octanol–water partition coefficient (Wildman–Crippen LogP) is 2.83. The highest BCUT2D eigenvalue weighted by Gasteiger charge is 2.26. The van der Waals surface area contributed by atoms with Gasteiger partial charge in [0.25, 0.3) is 0 Å². The Bertz CT molecular complexity index is 732. The van der Waals surface area contributed by atoms with E-state index in [2.05, 4.69) is 15.5 Å². The third kappa shape index (κ3) is 3.89. The number of para-hydroxylation sites is 1. The molecule has 1 N–H and O–H groups in total. The molecule has 0 radical (unpaired) electrons. The fourth-order valence-electron chi connectivity index (χ4n) is 2.26. The minimum absolute atomic E-state index is 0.0743. The second-order valence-electron chi connectivity index (χ2n) is 5.14. The number of carbonyl (C=O) groups is 2. The minimum Gasteiger partial charge on any atom is -0.330 e. The molecule has 0 aliphatic carbocycles. The number of nitrogens with one attached hydrogen (secondary N) is 1. The first-order valence-electron chi connectivity index (χ1n) is 7.25. The third-order valence-electron chi connectivity index (χ3n) is 3.49. The fraction of sp³-hybridized carbons (Fsp3) is 0.333. The molecule has 1 fully saturated rings. The highest BCUT2D eigenvalue weighted by atomic mass is 32.2. The van der Waals surface area contributed by atoms with E-state index < -0.39 is 0 Å². The molecule has 1 saturated heterocycles. The Balaban J connectivity index is 1.56. The molecule has 1 aromatic carbocycles. The summed E-state index contributed by atoms with van der Waals surface area (Å²) in [4.78, 5) is 24.9. The summed E-state index contributed by atoms with van der Waals surface area (Å²) in [6.45, 7) is 2.55. The number of aromatic nitrogens is 2. The summed E-state index contributed by atoms with van der Waals surface area (Å²) in [5.41, 5.74) is 2.11. The molecule has 0 unspecified atom stereocenters. The van der Waals surface area contributed by atoms with Crippen molar-refractivity contribution in [3.8, 4) is 0 Å². The van der Waals surface area contributed by atoms with Gasteiger partial charge in [-0.2, -0.15) is 0 Å². The van der Waals surface area contributed by atoms with Crippen molar-refractivity contribution in [2.45, 2.75) is 24.1 Å². The average molecular weight is 348 g/mol. The molecule has 23 heavy (non-hydrogen) atoms. The van der Waals surface area contributed by atoms with Crippen LogP contribution in [0.25, 0.3) is 0 Å².